The molecule has 0 aliphatic carbocycles. The van der Waals surface area contributed by atoms with Crippen molar-refractivity contribution in [2.24, 2.45) is 5.92 Å². The molecular weight excluding hydrogens is 440 g/mol. The van der Waals surface area contributed by atoms with Crippen LogP contribution in [-0.4, -0.2) is 29.5 Å². The van der Waals surface area contributed by atoms with E-state index in [1.54, 1.807) is 42.5 Å². The van der Waals surface area contributed by atoms with Crippen molar-refractivity contribution in [3.8, 4) is 11.8 Å². The number of esters is 1. The number of thiol groups is 1. The molecule has 0 saturated carbocycles. The van der Waals surface area contributed by atoms with Crippen LogP contribution in [0.2, 0.25) is 0 Å². The van der Waals surface area contributed by atoms with E-state index in [2.05, 4.69) is 17.9 Å². The normalized spacial score (nSPS) is 12.4. The molecular formula is C25H24N2O5S. The van der Waals surface area contributed by atoms with Gasteiger partial charge in [-0.3, -0.25) is 10.1 Å². The molecule has 0 saturated heterocycles. The highest BCUT2D eigenvalue weighted by Gasteiger charge is 2.26. The molecule has 2 N–H and O–H groups in total. The van der Waals surface area contributed by atoms with Crippen LogP contribution in [0.5, 0.6) is 5.75 Å². The second-order valence-corrected chi connectivity index (χ2v) is 7.82. The molecule has 0 unspecified atom stereocenters. The average Bonchev–Trinajstić information content (AvgIpc) is 2.83. The number of benzene rings is 3. The van der Waals surface area contributed by atoms with E-state index in [9.17, 15) is 14.7 Å². The van der Waals surface area contributed by atoms with Gasteiger partial charge in [0.1, 0.15) is 11.9 Å². The van der Waals surface area contributed by atoms with Crippen molar-refractivity contribution in [1.29, 1.82) is 5.26 Å². The number of phenols is 1. The third-order valence-corrected chi connectivity index (χ3v) is 5.48. The standard InChI is InChI=1S/C25H24N2O5S/c1-16(12-13-31-23(29)15-33)24(21-10-11-22(28)20-5-3-2-4-19(20)21)32-25(30)27-18-8-6-17(14-26)7-9-18/h2-11,16,24,28,33H,12-13,15H2,1H3,(H,27,30)/t16-,24-/m1/s1. The molecule has 0 radical (unpaired) electrons. The molecule has 7 nitrogen and oxygen atoms in total. The molecule has 0 aliphatic rings. The molecule has 170 valence electrons. The first-order valence-electron chi connectivity index (χ1n) is 10.4. The number of amides is 1. The molecule has 33 heavy (non-hydrogen) atoms. The Balaban J connectivity index is 1.85. The van der Waals surface area contributed by atoms with Gasteiger partial charge < -0.3 is 14.6 Å². The molecule has 3 aromatic rings. The highest BCUT2D eigenvalue weighted by atomic mass is 32.1. The van der Waals surface area contributed by atoms with Crippen molar-refractivity contribution in [3.05, 3.63) is 71.8 Å². The molecule has 3 rings (SSSR count). The molecule has 0 fully saturated rings. The molecule has 0 bridgehead atoms. The van der Waals surface area contributed by atoms with E-state index in [0.29, 0.717) is 23.1 Å². The van der Waals surface area contributed by atoms with E-state index in [-0.39, 0.29) is 24.0 Å². The Morgan fingerprint density at radius 1 is 1.09 bits per heavy atom. The quantitative estimate of drug-likeness (QED) is 0.312. The molecule has 8 heteroatoms. The summed E-state index contributed by atoms with van der Waals surface area (Å²) in [5.41, 5.74) is 1.70. The number of rotatable bonds is 8. The number of aromatic hydroxyl groups is 1. The van der Waals surface area contributed by atoms with Crippen molar-refractivity contribution < 1.29 is 24.2 Å². The number of ether oxygens (including phenoxy) is 2. The van der Waals surface area contributed by atoms with E-state index >= 15 is 0 Å². The molecule has 3 aromatic carbocycles. The molecule has 0 aliphatic heterocycles. The number of nitriles is 1. The Bertz CT molecular complexity index is 1170. The van der Waals surface area contributed by atoms with E-state index in [1.807, 2.05) is 31.2 Å². The first-order chi connectivity index (χ1) is 15.9. The minimum absolute atomic E-state index is 0.0100. The zero-order valence-corrected chi connectivity index (χ0v) is 18.9. The average molecular weight is 465 g/mol. The lowest BCUT2D eigenvalue weighted by molar-refractivity contribution is -0.141. The van der Waals surface area contributed by atoms with Gasteiger partial charge in [0.05, 0.1) is 24.0 Å². The lowest BCUT2D eigenvalue weighted by Gasteiger charge is -2.26. The molecule has 1 amide bonds. The van der Waals surface area contributed by atoms with Gasteiger partial charge in [0.2, 0.25) is 0 Å². The second kappa shape index (κ2) is 11.2. The van der Waals surface area contributed by atoms with Gasteiger partial charge in [0.15, 0.2) is 0 Å². The number of anilines is 1. The number of fused-ring (bicyclic) bond motifs is 1. The summed E-state index contributed by atoms with van der Waals surface area (Å²) in [7, 11) is 0. The maximum atomic E-state index is 12.7. The van der Waals surface area contributed by atoms with Gasteiger partial charge in [-0.05, 0) is 42.1 Å². The Labute approximate surface area is 197 Å². The summed E-state index contributed by atoms with van der Waals surface area (Å²) in [6.07, 6.45) is -0.895. The number of phenolic OH excluding ortho intramolecular Hbond substituents is 1. The summed E-state index contributed by atoms with van der Waals surface area (Å²) < 4.78 is 11.0. The fourth-order valence-corrected chi connectivity index (χ4v) is 3.58. The Morgan fingerprint density at radius 3 is 2.45 bits per heavy atom. The zero-order valence-electron chi connectivity index (χ0n) is 18.0. The smallest absolute Gasteiger partial charge is 0.412 e. The summed E-state index contributed by atoms with van der Waals surface area (Å²) in [5, 5.41) is 23.3. The molecule has 0 spiro atoms. The van der Waals surface area contributed by atoms with Crippen molar-refractivity contribution in [3.63, 3.8) is 0 Å². The van der Waals surface area contributed by atoms with Crippen LogP contribution in [0, 0.1) is 17.2 Å². The van der Waals surface area contributed by atoms with Crippen LogP contribution in [0.4, 0.5) is 10.5 Å². The summed E-state index contributed by atoms with van der Waals surface area (Å²) in [6.45, 7) is 2.06. The van der Waals surface area contributed by atoms with Crippen LogP contribution in [0.25, 0.3) is 10.8 Å². The first-order valence-corrected chi connectivity index (χ1v) is 11.0. The minimum Gasteiger partial charge on any atom is -0.507 e. The SMILES string of the molecule is C[C@H](CCOC(=O)CS)[C@@H](OC(=O)Nc1ccc(C#N)cc1)c1ccc(O)c2ccccc12. The topological polar surface area (TPSA) is 109 Å². The number of carbonyl (C=O) groups excluding carboxylic acids is 2. The van der Waals surface area contributed by atoms with E-state index in [4.69, 9.17) is 14.7 Å². The fraction of sp³-hybridized carbons (Fsp3) is 0.240. The summed E-state index contributed by atoms with van der Waals surface area (Å²) in [5.74, 6) is -0.510. The Kier molecular flexibility index (Phi) is 8.17. The zero-order chi connectivity index (χ0) is 23.8. The maximum Gasteiger partial charge on any atom is 0.412 e. The van der Waals surface area contributed by atoms with Crippen molar-refractivity contribution in [2.45, 2.75) is 19.4 Å². The lowest BCUT2D eigenvalue weighted by atomic mass is 9.90. The molecule has 0 heterocycles. The highest BCUT2D eigenvalue weighted by molar-refractivity contribution is 7.81. The third-order valence-electron chi connectivity index (χ3n) is 5.22. The van der Waals surface area contributed by atoms with Crippen LogP contribution >= 0.6 is 12.6 Å². The monoisotopic (exact) mass is 464 g/mol. The van der Waals surface area contributed by atoms with E-state index < -0.39 is 18.2 Å². The van der Waals surface area contributed by atoms with Crippen LogP contribution in [0.15, 0.2) is 60.7 Å². The van der Waals surface area contributed by atoms with Gasteiger partial charge in [0, 0.05) is 22.6 Å². The second-order valence-electron chi connectivity index (χ2n) is 7.50. The summed E-state index contributed by atoms with van der Waals surface area (Å²) >= 11 is 3.90. The van der Waals surface area contributed by atoms with Crippen LogP contribution in [-0.2, 0) is 14.3 Å². The number of carbonyl (C=O) groups is 2. The number of nitrogens with one attached hydrogen (secondary N) is 1. The lowest BCUT2D eigenvalue weighted by Crippen LogP contribution is -2.23. The van der Waals surface area contributed by atoms with Crippen molar-refractivity contribution in [1.82, 2.24) is 0 Å². The van der Waals surface area contributed by atoms with Crippen molar-refractivity contribution in [2.75, 3.05) is 17.7 Å². The van der Waals surface area contributed by atoms with Gasteiger partial charge in [-0.1, -0.05) is 37.3 Å². The predicted octanol–water partition coefficient (Wildman–Crippen LogP) is 5.21. The van der Waals surface area contributed by atoms with Gasteiger partial charge >= 0.3 is 12.1 Å². The summed E-state index contributed by atoms with van der Waals surface area (Å²) in [4.78, 5) is 24.2. The number of nitrogens with zero attached hydrogens (tertiary/aromatic N) is 1. The minimum atomic E-state index is -0.677. The predicted molar refractivity (Wildman–Crippen MR) is 128 cm³/mol. The number of hydrogen-bond donors (Lipinski definition) is 3. The van der Waals surface area contributed by atoms with Gasteiger partial charge in [-0.2, -0.15) is 17.9 Å². The van der Waals surface area contributed by atoms with E-state index in [1.165, 1.54) is 0 Å². The van der Waals surface area contributed by atoms with Gasteiger partial charge in [0.25, 0.3) is 0 Å². The molecule has 0 aromatic heterocycles. The van der Waals surface area contributed by atoms with Crippen LogP contribution in [0.3, 0.4) is 0 Å². The maximum absolute atomic E-state index is 12.7. The first kappa shape index (κ1) is 24.0. The van der Waals surface area contributed by atoms with Gasteiger partial charge in [-0.25, -0.2) is 4.79 Å². The van der Waals surface area contributed by atoms with Crippen LogP contribution < -0.4 is 5.32 Å². The molecule has 2 atom stereocenters. The van der Waals surface area contributed by atoms with Gasteiger partial charge in [-0.15, -0.1) is 0 Å². The largest absolute Gasteiger partial charge is 0.507 e. The fourth-order valence-electron chi connectivity index (χ4n) is 3.49. The van der Waals surface area contributed by atoms with E-state index in [0.717, 1.165) is 10.9 Å². The third kappa shape index (κ3) is 6.18. The highest BCUT2D eigenvalue weighted by Crippen LogP contribution is 2.37. The Morgan fingerprint density at radius 2 is 1.79 bits per heavy atom. The Hall–Kier alpha value is -3.70. The van der Waals surface area contributed by atoms with Crippen LogP contribution in [0.1, 0.15) is 30.6 Å². The van der Waals surface area contributed by atoms with Crippen molar-refractivity contribution >= 4 is 41.2 Å². The number of hydrogen-bond acceptors (Lipinski definition) is 7. The summed E-state index contributed by atoms with van der Waals surface area (Å²) in [6, 6.07) is 19.1.